The molecule has 0 radical (unpaired) electrons. The first-order valence-electron chi connectivity index (χ1n) is 6.54. The second kappa shape index (κ2) is 6.11. The van der Waals surface area contributed by atoms with E-state index < -0.39 is 10.1 Å². The summed E-state index contributed by atoms with van der Waals surface area (Å²) in [7, 11) is 1.30. The zero-order chi connectivity index (χ0) is 15.6. The third kappa shape index (κ3) is 3.79. The summed E-state index contributed by atoms with van der Waals surface area (Å²) in [6.07, 6.45) is 1.94. The maximum absolute atomic E-state index is 11.0. The Balaban J connectivity index is 2.15. The van der Waals surface area contributed by atoms with Gasteiger partial charge in [0.25, 0.3) is 10.1 Å². The highest BCUT2D eigenvalue weighted by molar-refractivity contribution is 7.85. The summed E-state index contributed by atoms with van der Waals surface area (Å²) in [5.74, 6) is 2.19. The highest BCUT2D eigenvalue weighted by atomic mass is 32.2. The molecule has 1 fully saturated rings. The highest BCUT2D eigenvalue weighted by Crippen LogP contribution is 2.51. The van der Waals surface area contributed by atoms with Crippen molar-refractivity contribution in [3.05, 3.63) is 17.7 Å². The normalized spacial score (nSPS) is 21.0. The molecule has 2 rings (SSSR count). The van der Waals surface area contributed by atoms with Crippen molar-refractivity contribution < 1.29 is 26.8 Å². The zero-order valence-electron chi connectivity index (χ0n) is 12.6. The first kappa shape index (κ1) is 15.9. The van der Waals surface area contributed by atoms with Gasteiger partial charge in [-0.2, -0.15) is 8.42 Å². The van der Waals surface area contributed by atoms with Gasteiger partial charge >= 0.3 is 0 Å². The van der Waals surface area contributed by atoms with E-state index in [-0.39, 0.29) is 18.4 Å². The quantitative estimate of drug-likeness (QED) is 0.714. The van der Waals surface area contributed by atoms with Crippen LogP contribution in [0.3, 0.4) is 0 Å². The molecule has 21 heavy (non-hydrogen) atoms. The Bertz CT molecular complexity index is 585. The van der Waals surface area contributed by atoms with E-state index in [0.717, 1.165) is 18.2 Å². The molecule has 2 unspecified atom stereocenters. The predicted octanol–water partition coefficient (Wildman–Crippen LogP) is 1.79. The summed E-state index contributed by atoms with van der Waals surface area (Å²) in [5.41, 5.74) is 1.03. The van der Waals surface area contributed by atoms with Gasteiger partial charge in [0, 0.05) is 0 Å². The standard InChI is InChI=1S/C14H20O6S/c1-17-12-6-9(7-13(18-2)14(12)19-3)11-5-10(11)8-20-21(4,15)16/h6-7,10-11H,5,8H2,1-4H3. The van der Waals surface area contributed by atoms with Crippen LogP contribution in [-0.4, -0.2) is 42.6 Å². The fourth-order valence-corrected chi connectivity index (χ4v) is 2.79. The van der Waals surface area contributed by atoms with Gasteiger partial charge in [-0.25, -0.2) is 0 Å². The first-order valence-corrected chi connectivity index (χ1v) is 8.35. The van der Waals surface area contributed by atoms with Crippen LogP contribution in [0.25, 0.3) is 0 Å². The first-order chi connectivity index (χ1) is 9.89. The van der Waals surface area contributed by atoms with Gasteiger partial charge < -0.3 is 14.2 Å². The molecule has 0 bridgehead atoms. The van der Waals surface area contributed by atoms with Gasteiger partial charge in [0.1, 0.15) is 0 Å². The lowest BCUT2D eigenvalue weighted by molar-refractivity contribution is 0.302. The summed E-state index contributed by atoms with van der Waals surface area (Å²) in [5, 5.41) is 0. The maximum atomic E-state index is 11.0. The van der Waals surface area contributed by atoms with E-state index in [1.54, 1.807) is 21.3 Å². The Labute approximate surface area is 125 Å². The highest BCUT2D eigenvalue weighted by Gasteiger charge is 2.40. The number of hydrogen-bond acceptors (Lipinski definition) is 6. The summed E-state index contributed by atoms with van der Waals surface area (Å²) < 4.78 is 42.8. The number of benzene rings is 1. The summed E-state index contributed by atoms with van der Waals surface area (Å²) in [6.45, 7) is 0.208. The molecule has 1 aromatic rings. The monoisotopic (exact) mass is 316 g/mol. The van der Waals surface area contributed by atoms with Crippen LogP contribution in [0.1, 0.15) is 17.9 Å². The molecule has 2 atom stereocenters. The molecule has 1 aromatic carbocycles. The SMILES string of the molecule is COc1cc(C2CC2COS(C)(=O)=O)cc(OC)c1OC. The van der Waals surface area contributed by atoms with E-state index in [2.05, 4.69) is 0 Å². The second-order valence-electron chi connectivity index (χ2n) is 5.05. The number of methoxy groups -OCH3 is 3. The predicted molar refractivity (Wildman–Crippen MR) is 77.7 cm³/mol. The second-order valence-corrected chi connectivity index (χ2v) is 6.69. The van der Waals surface area contributed by atoms with Crippen molar-refractivity contribution in [1.29, 1.82) is 0 Å². The van der Waals surface area contributed by atoms with Crippen molar-refractivity contribution in [2.45, 2.75) is 12.3 Å². The molecule has 0 saturated heterocycles. The van der Waals surface area contributed by atoms with Crippen LogP contribution in [0.15, 0.2) is 12.1 Å². The molecule has 1 aliphatic carbocycles. The maximum Gasteiger partial charge on any atom is 0.264 e. The molecular formula is C14H20O6S. The van der Waals surface area contributed by atoms with Gasteiger partial charge in [0.05, 0.1) is 34.2 Å². The molecule has 6 nitrogen and oxygen atoms in total. The minimum atomic E-state index is -3.39. The lowest BCUT2D eigenvalue weighted by Crippen LogP contribution is -2.06. The summed E-state index contributed by atoms with van der Waals surface area (Å²) >= 11 is 0. The molecule has 0 heterocycles. The van der Waals surface area contributed by atoms with Crippen molar-refractivity contribution in [1.82, 2.24) is 0 Å². The van der Waals surface area contributed by atoms with Crippen LogP contribution in [0.2, 0.25) is 0 Å². The van der Waals surface area contributed by atoms with E-state index in [9.17, 15) is 8.42 Å². The van der Waals surface area contributed by atoms with E-state index in [4.69, 9.17) is 18.4 Å². The molecule has 7 heteroatoms. The molecule has 0 aromatic heterocycles. The smallest absolute Gasteiger partial charge is 0.264 e. The van der Waals surface area contributed by atoms with Crippen LogP contribution < -0.4 is 14.2 Å². The van der Waals surface area contributed by atoms with Gasteiger partial charge in [0.15, 0.2) is 11.5 Å². The Kier molecular flexibility index (Phi) is 4.63. The average molecular weight is 316 g/mol. The fourth-order valence-electron chi connectivity index (χ4n) is 2.37. The van der Waals surface area contributed by atoms with Crippen molar-refractivity contribution in [3.8, 4) is 17.2 Å². The van der Waals surface area contributed by atoms with Gasteiger partial charge in [0.2, 0.25) is 5.75 Å². The average Bonchev–Trinajstić information content (AvgIpc) is 3.22. The molecular weight excluding hydrogens is 296 g/mol. The summed E-state index contributed by atoms with van der Waals surface area (Å²) in [4.78, 5) is 0. The van der Waals surface area contributed by atoms with Crippen molar-refractivity contribution in [3.63, 3.8) is 0 Å². The summed E-state index contributed by atoms with van der Waals surface area (Å²) in [6, 6.07) is 3.79. The van der Waals surface area contributed by atoms with Crippen LogP contribution in [0.4, 0.5) is 0 Å². The zero-order valence-corrected chi connectivity index (χ0v) is 13.4. The molecule has 0 spiro atoms. The van der Waals surface area contributed by atoms with Gasteiger partial charge in [-0.15, -0.1) is 0 Å². The van der Waals surface area contributed by atoms with Gasteiger partial charge in [-0.1, -0.05) is 0 Å². The van der Waals surface area contributed by atoms with Crippen molar-refractivity contribution in [2.75, 3.05) is 34.2 Å². The largest absolute Gasteiger partial charge is 0.493 e. The Morgan fingerprint density at radius 2 is 1.67 bits per heavy atom. The third-order valence-corrected chi connectivity index (χ3v) is 4.10. The Morgan fingerprint density at radius 3 is 2.10 bits per heavy atom. The number of ether oxygens (including phenoxy) is 3. The van der Waals surface area contributed by atoms with Gasteiger partial charge in [-0.05, 0) is 36.0 Å². The minimum Gasteiger partial charge on any atom is -0.493 e. The van der Waals surface area contributed by atoms with Crippen LogP contribution in [0.5, 0.6) is 17.2 Å². The van der Waals surface area contributed by atoms with Crippen molar-refractivity contribution in [2.24, 2.45) is 5.92 Å². The fraction of sp³-hybridized carbons (Fsp3) is 0.571. The van der Waals surface area contributed by atoms with Crippen LogP contribution in [0, 0.1) is 5.92 Å². The van der Waals surface area contributed by atoms with Crippen molar-refractivity contribution >= 4 is 10.1 Å². The van der Waals surface area contributed by atoms with Gasteiger partial charge in [-0.3, -0.25) is 4.18 Å². The van der Waals surface area contributed by atoms with E-state index in [1.807, 2.05) is 12.1 Å². The molecule has 0 aliphatic heterocycles. The molecule has 0 amide bonds. The number of rotatable bonds is 7. The third-order valence-electron chi connectivity index (χ3n) is 3.53. The lowest BCUT2D eigenvalue weighted by atomic mass is 10.1. The van der Waals surface area contributed by atoms with Crippen LogP contribution in [-0.2, 0) is 14.3 Å². The molecule has 118 valence electrons. The lowest BCUT2D eigenvalue weighted by Gasteiger charge is -2.14. The van der Waals surface area contributed by atoms with E-state index in [0.29, 0.717) is 17.2 Å². The minimum absolute atomic E-state index is 0.197. The number of hydrogen-bond donors (Lipinski definition) is 0. The molecule has 1 saturated carbocycles. The molecule has 1 aliphatic rings. The topological polar surface area (TPSA) is 71.1 Å². The molecule has 0 N–H and O–H groups in total. The Morgan fingerprint density at radius 1 is 1.10 bits per heavy atom. The Hall–Kier alpha value is -1.47. The van der Waals surface area contributed by atoms with E-state index >= 15 is 0 Å². The van der Waals surface area contributed by atoms with E-state index in [1.165, 1.54) is 0 Å². The van der Waals surface area contributed by atoms with Crippen LogP contribution >= 0.6 is 0 Å².